The minimum atomic E-state index is -1.44. The highest BCUT2D eigenvalue weighted by Gasteiger charge is 2.58. The standard InChI is InChI=1S/C57H61N7O12/c1-71-40-16-12-36(13-17-40)37-23-39-29-59-44-26-49(47(72-2)24-41(44)53(67)62(39)31-37)74-20-7-21-75-50-27-45-42(25-48(50)73-3)54(68)63-33-57(18-19-57)28-46(63)55(69)64(45)56(70)76-32-35-10-14-38(15-11-35)61-51(65)30-60-52(66)43(58)22-34-8-5-4-6-9-34/h4-6,8-17,24-27,31,39,43,46,55,59,69H,7,18-23,28-30,32-33,58H2,1-3H3,(H,60,66)(H,61,65)/t39-,43?,46-,55?/m0/s1. The number of aliphatic hydroxyl groups is 1. The van der Waals surface area contributed by atoms with Gasteiger partial charge in [-0.3, -0.25) is 19.2 Å². The number of rotatable bonds is 18. The Bertz CT molecular complexity index is 3040. The highest BCUT2D eigenvalue weighted by atomic mass is 16.6. The van der Waals surface area contributed by atoms with Crippen molar-refractivity contribution in [1.29, 1.82) is 0 Å². The number of hydrogen-bond donors (Lipinski definition) is 5. The Morgan fingerprint density at radius 1 is 0.816 bits per heavy atom. The summed E-state index contributed by atoms with van der Waals surface area (Å²) in [5.41, 5.74) is 11.3. The lowest BCUT2D eigenvalue weighted by Gasteiger charge is -2.31. The van der Waals surface area contributed by atoms with Crippen LogP contribution in [0.4, 0.5) is 21.9 Å². The van der Waals surface area contributed by atoms with E-state index in [9.17, 15) is 29.1 Å². The monoisotopic (exact) mass is 1040 g/mol. The van der Waals surface area contributed by atoms with E-state index in [0.29, 0.717) is 72.8 Å². The third-order valence-corrected chi connectivity index (χ3v) is 14.7. The van der Waals surface area contributed by atoms with E-state index in [1.165, 1.54) is 26.4 Å². The van der Waals surface area contributed by atoms with Gasteiger partial charge in [-0.15, -0.1) is 0 Å². The highest BCUT2D eigenvalue weighted by Crippen LogP contribution is 2.57. The molecule has 4 aliphatic heterocycles. The van der Waals surface area contributed by atoms with E-state index in [0.717, 1.165) is 40.2 Å². The summed E-state index contributed by atoms with van der Waals surface area (Å²) >= 11 is 0. The molecule has 0 radical (unpaired) electrons. The molecule has 1 spiro atoms. The molecule has 1 saturated carbocycles. The normalized spacial score (nSPS) is 19.1. The van der Waals surface area contributed by atoms with E-state index in [-0.39, 0.29) is 72.4 Å². The molecule has 10 rings (SSSR count). The van der Waals surface area contributed by atoms with Crippen molar-refractivity contribution in [2.45, 2.75) is 69.5 Å². The second kappa shape index (κ2) is 21.9. The van der Waals surface area contributed by atoms with Crippen molar-refractivity contribution in [3.8, 4) is 28.7 Å². The van der Waals surface area contributed by atoms with Crippen LogP contribution in [0.5, 0.6) is 28.7 Å². The first-order valence-corrected chi connectivity index (χ1v) is 25.4. The number of anilines is 3. The molecule has 6 N–H and O–H groups in total. The van der Waals surface area contributed by atoms with Gasteiger partial charge in [-0.2, -0.15) is 0 Å². The van der Waals surface area contributed by atoms with Crippen LogP contribution in [0.15, 0.2) is 109 Å². The van der Waals surface area contributed by atoms with Crippen molar-refractivity contribution < 1.29 is 57.5 Å². The Hall–Kier alpha value is -8.29. The zero-order chi connectivity index (χ0) is 53.1. The summed E-state index contributed by atoms with van der Waals surface area (Å²) in [6, 6.07) is 28.7. The Balaban J connectivity index is 0.775. The van der Waals surface area contributed by atoms with E-state index in [1.807, 2.05) is 60.8 Å². The maximum Gasteiger partial charge on any atom is 0.416 e. The van der Waals surface area contributed by atoms with Crippen LogP contribution in [-0.2, 0) is 27.4 Å². The summed E-state index contributed by atoms with van der Waals surface area (Å²) in [5, 5.41) is 20.8. The smallest absolute Gasteiger partial charge is 0.416 e. The number of carbonyl (C=O) groups excluding carboxylic acids is 5. The lowest BCUT2D eigenvalue weighted by atomic mass is 10.0. The third-order valence-electron chi connectivity index (χ3n) is 14.7. The Morgan fingerprint density at radius 2 is 1.51 bits per heavy atom. The molecule has 76 heavy (non-hydrogen) atoms. The average molecular weight is 1040 g/mol. The molecule has 2 fully saturated rings. The summed E-state index contributed by atoms with van der Waals surface area (Å²) in [6.07, 6.45) is 3.37. The Kier molecular flexibility index (Phi) is 14.7. The number of nitrogens with zero attached hydrogens (tertiary/aromatic N) is 3. The first-order chi connectivity index (χ1) is 36.8. The van der Waals surface area contributed by atoms with Gasteiger partial charge in [0, 0.05) is 43.5 Å². The molecule has 4 atom stereocenters. The van der Waals surface area contributed by atoms with Gasteiger partial charge in [-0.05, 0) is 96.2 Å². The van der Waals surface area contributed by atoms with Gasteiger partial charge in [0.25, 0.3) is 11.8 Å². The molecule has 2 unspecified atom stereocenters. The molecule has 5 aromatic rings. The summed E-state index contributed by atoms with van der Waals surface area (Å²) < 4.78 is 35.1. The topological polar surface area (TPSA) is 233 Å². The molecular weight excluding hydrogens is 975 g/mol. The van der Waals surface area contributed by atoms with Crippen molar-refractivity contribution in [3.05, 3.63) is 137 Å². The summed E-state index contributed by atoms with van der Waals surface area (Å²) in [6.45, 7) is 0.835. The van der Waals surface area contributed by atoms with Crippen molar-refractivity contribution in [2.75, 3.05) is 69.7 Å². The average Bonchev–Trinajstić information content (AvgIpc) is 4.05. The van der Waals surface area contributed by atoms with Crippen molar-refractivity contribution in [1.82, 2.24) is 15.1 Å². The van der Waals surface area contributed by atoms with Crippen molar-refractivity contribution in [2.24, 2.45) is 11.1 Å². The number of aliphatic hydroxyl groups excluding tert-OH is 1. The van der Waals surface area contributed by atoms with Crippen LogP contribution in [0.25, 0.3) is 5.57 Å². The van der Waals surface area contributed by atoms with Crippen LogP contribution < -0.4 is 50.3 Å². The largest absolute Gasteiger partial charge is 0.497 e. The Labute approximate surface area is 439 Å². The second-order valence-corrected chi connectivity index (χ2v) is 19.8. The molecule has 396 valence electrons. The number of ether oxygens (including phenoxy) is 6. The number of carbonyl (C=O) groups is 5. The number of amides is 5. The molecule has 5 aromatic carbocycles. The molecule has 0 bridgehead atoms. The molecule has 4 heterocycles. The van der Waals surface area contributed by atoms with E-state index in [2.05, 4.69) is 16.0 Å². The quantitative estimate of drug-likeness (QED) is 0.0604. The number of methoxy groups -OCH3 is 3. The third kappa shape index (κ3) is 10.8. The van der Waals surface area contributed by atoms with Gasteiger partial charge in [0.05, 0.1) is 81.7 Å². The number of hydrogen-bond acceptors (Lipinski definition) is 14. The number of fused-ring (bicyclic) bond motifs is 4. The number of benzene rings is 5. The highest BCUT2D eigenvalue weighted by molar-refractivity contribution is 6.06. The lowest BCUT2D eigenvalue weighted by molar-refractivity contribution is -0.125. The minimum Gasteiger partial charge on any atom is -0.497 e. The zero-order valence-corrected chi connectivity index (χ0v) is 42.5. The lowest BCUT2D eigenvalue weighted by Crippen LogP contribution is -2.50. The van der Waals surface area contributed by atoms with Crippen LogP contribution in [0.2, 0.25) is 0 Å². The maximum atomic E-state index is 14.4. The SMILES string of the molecule is COc1ccc(C2=CN3C(=O)c4cc(OC)c(OCCCOc5cc6c(cc5OC)C(=O)N5CC7(CC7)C[C@H]5C(O)N6C(=O)OCc5ccc(NC(=O)CNC(=O)C(N)Cc6ccccc6)cc5)cc4NC[C@@H]3C2)cc1. The van der Waals surface area contributed by atoms with E-state index in [1.54, 1.807) is 53.3 Å². The fourth-order valence-corrected chi connectivity index (χ4v) is 10.4. The van der Waals surface area contributed by atoms with Crippen LogP contribution >= 0.6 is 0 Å². The summed E-state index contributed by atoms with van der Waals surface area (Å²) in [4.78, 5) is 72.4. The molecule has 5 amide bonds. The molecular formula is C57H61N7O12. The fourth-order valence-electron chi connectivity index (χ4n) is 10.4. The van der Waals surface area contributed by atoms with Gasteiger partial charge in [0.15, 0.2) is 29.2 Å². The molecule has 19 heteroatoms. The second-order valence-electron chi connectivity index (χ2n) is 19.8. The van der Waals surface area contributed by atoms with Crippen LogP contribution in [-0.4, -0.2) is 123 Å². The van der Waals surface area contributed by atoms with E-state index >= 15 is 0 Å². The maximum absolute atomic E-state index is 14.4. The van der Waals surface area contributed by atoms with Gasteiger partial charge < -0.3 is 65.0 Å². The van der Waals surface area contributed by atoms with Gasteiger partial charge >= 0.3 is 6.09 Å². The van der Waals surface area contributed by atoms with Crippen LogP contribution in [0.3, 0.4) is 0 Å². The molecule has 0 aromatic heterocycles. The van der Waals surface area contributed by atoms with E-state index < -0.39 is 36.2 Å². The molecule has 19 nitrogen and oxygen atoms in total. The van der Waals surface area contributed by atoms with Gasteiger partial charge in [-0.25, -0.2) is 9.69 Å². The summed E-state index contributed by atoms with van der Waals surface area (Å²) in [5.74, 6) is 0.681. The predicted molar refractivity (Wildman–Crippen MR) is 282 cm³/mol. The number of nitrogens with two attached hydrogens (primary N) is 1. The first kappa shape index (κ1) is 51.2. The molecule has 5 aliphatic rings. The molecule has 1 aliphatic carbocycles. The Morgan fingerprint density at radius 3 is 2.20 bits per heavy atom. The number of nitrogens with one attached hydrogen (secondary N) is 3. The van der Waals surface area contributed by atoms with Crippen molar-refractivity contribution in [3.63, 3.8) is 0 Å². The predicted octanol–water partition coefficient (Wildman–Crippen LogP) is 6.34. The van der Waals surface area contributed by atoms with Gasteiger partial charge in [0.1, 0.15) is 12.4 Å². The fraction of sp³-hybridized carbons (Fsp3) is 0.351. The van der Waals surface area contributed by atoms with Crippen LogP contribution in [0.1, 0.15) is 69.5 Å². The van der Waals surface area contributed by atoms with E-state index in [4.69, 9.17) is 34.2 Å². The zero-order valence-electron chi connectivity index (χ0n) is 42.5. The van der Waals surface area contributed by atoms with Gasteiger partial charge in [-0.1, -0.05) is 54.6 Å². The first-order valence-electron chi connectivity index (χ1n) is 25.4. The minimum absolute atomic E-state index is 0.0836. The summed E-state index contributed by atoms with van der Waals surface area (Å²) in [7, 11) is 4.60. The van der Waals surface area contributed by atoms with Gasteiger partial charge in [0.2, 0.25) is 11.8 Å². The molecule has 1 saturated heterocycles. The van der Waals surface area contributed by atoms with Crippen LogP contribution in [0, 0.1) is 5.41 Å². The van der Waals surface area contributed by atoms with Crippen molar-refractivity contribution >= 4 is 52.4 Å².